The highest BCUT2D eigenvalue weighted by atomic mass is 16.7. The molecule has 47 heavy (non-hydrogen) atoms. The number of benzene rings is 2. The van der Waals surface area contributed by atoms with Crippen molar-refractivity contribution in [2.45, 2.75) is 80.5 Å². The van der Waals surface area contributed by atoms with Crippen LogP contribution in [0.3, 0.4) is 0 Å². The largest absolute Gasteiger partial charge is 0.504 e. The zero-order valence-corrected chi connectivity index (χ0v) is 26.1. The molecule has 260 valence electrons. The molecule has 4 aliphatic heterocycles. The molecule has 0 aliphatic carbocycles. The van der Waals surface area contributed by atoms with Crippen LogP contribution in [0.2, 0.25) is 0 Å². The molecule has 15 heteroatoms. The number of phenols is 1. The molecule has 2 aromatic carbocycles. The molecule has 2 aromatic rings. The Bertz CT molecular complexity index is 1380. The Hall–Kier alpha value is -2.80. The van der Waals surface area contributed by atoms with E-state index in [0.29, 0.717) is 24.7 Å². The van der Waals surface area contributed by atoms with Crippen molar-refractivity contribution < 1.29 is 73.6 Å². The monoisotopic (exact) mass is 666 g/mol. The van der Waals surface area contributed by atoms with E-state index < -0.39 is 68.0 Å². The van der Waals surface area contributed by atoms with E-state index >= 15 is 0 Å². The summed E-state index contributed by atoms with van der Waals surface area (Å²) in [5.74, 6) is 1.00. The van der Waals surface area contributed by atoms with E-state index in [1.54, 1.807) is 30.3 Å². The van der Waals surface area contributed by atoms with Crippen LogP contribution >= 0.6 is 0 Å². The second-order valence-electron chi connectivity index (χ2n) is 12.3. The number of aliphatic hydroxyl groups is 6. The molecular weight excluding hydrogens is 624 g/mol. The van der Waals surface area contributed by atoms with Gasteiger partial charge in [0.05, 0.1) is 52.4 Å². The molecule has 4 saturated heterocycles. The second-order valence-corrected chi connectivity index (χ2v) is 12.3. The van der Waals surface area contributed by atoms with Crippen molar-refractivity contribution in [2.75, 3.05) is 34.0 Å². The summed E-state index contributed by atoms with van der Waals surface area (Å²) in [6.45, 7) is 1.99. The van der Waals surface area contributed by atoms with Gasteiger partial charge < -0.3 is 73.6 Å². The first kappa shape index (κ1) is 34.1. The van der Waals surface area contributed by atoms with Gasteiger partial charge in [-0.25, -0.2) is 0 Å². The maximum absolute atomic E-state index is 10.7. The van der Waals surface area contributed by atoms with Crippen molar-refractivity contribution in [3.63, 3.8) is 0 Å². The smallest absolute Gasteiger partial charge is 0.229 e. The average Bonchev–Trinajstić information content (AvgIpc) is 3.69. The average molecular weight is 667 g/mol. The van der Waals surface area contributed by atoms with Crippen LogP contribution in [0.4, 0.5) is 0 Å². The Morgan fingerprint density at radius 1 is 0.660 bits per heavy atom. The zero-order chi connectivity index (χ0) is 33.6. The minimum atomic E-state index is -1.68. The number of aliphatic hydroxyl groups excluding tert-OH is 6. The van der Waals surface area contributed by atoms with Gasteiger partial charge in [-0.1, -0.05) is 12.1 Å². The lowest BCUT2D eigenvalue weighted by molar-refractivity contribution is -0.318. The first-order valence-electron chi connectivity index (χ1n) is 15.5. The highest BCUT2D eigenvalue weighted by Gasteiger charge is 2.49. The molecule has 0 radical (unpaired) electrons. The lowest BCUT2D eigenvalue weighted by Crippen LogP contribution is -2.61. The third kappa shape index (κ3) is 6.50. The Morgan fingerprint density at radius 3 is 1.87 bits per heavy atom. The van der Waals surface area contributed by atoms with Crippen LogP contribution in [0.1, 0.15) is 30.3 Å². The molecule has 0 spiro atoms. The second kappa shape index (κ2) is 14.0. The molecule has 0 amide bonds. The summed E-state index contributed by atoms with van der Waals surface area (Å²) in [7, 11) is 2.94. The zero-order valence-electron chi connectivity index (χ0n) is 26.1. The van der Waals surface area contributed by atoms with Crippen molar-refractivity contribution in [1.29, 1.82) is 0 Å². The van der Waals surface area contributed by atoms with E-state index in [2.05, 4.69) is 0 Å². The van der Waals surface area contributed by atoms with E-state index in [4.69, 9.17) is 37.9 Å². The fraction of sp³-hybridized carbons (Fsp3) is 0.625. The molecule has 7 N–H and O–H groups in total. The van der Waals surface area contributed by atoms with Gasteiger partial charge in [-0.05, 0) is 42.3 Å². The maximum Gasteiger partial charge on any atom is 0.229 e. The summed E-state index contributed by atoms with van der Waals surface area (Å²) < 4.78 is 45.9. The van der Waals surface area contributed by atoms with Crippen molar-refractivity contribution in [2.24, 2.45) is 11.8 Å². The van der Waals surface area contributed by atoms with Crippen LogP contribution < -0.4 is 14.2 Å². The summed E-state index contributed by atoms with van der Waals surface area (Å²) in [6, 6.07) is 10.3. The number of aromatic hydroxyl groups is 1. The lowest BCUT2D eigenvalue weighted by Gasteiger charge is -2.42. The molecule has 0 bridgehead atoms. The molecule has 4 aliphatic rings. The van der Waals surface area contributed by atoms with Crippen LogP contribution in [0.5, 0.6) is 23.0 Å². The number of ether oxygens (including phenoxy) is 8. The molecule has 4 heterocycles. The third-order valence-electron chi connectivity index (χ3n) is 9.46. The fourth-order valence-electron chi connectivity index (χ4n) is 6.68. The van der Waals surface area contributed by atoms with Gasteiger partial charge >= 0.3 is 0 Å². The van der Waals surface area contributed by atoms with E-state index in [9.17, 15) is 35.7 Å². The topological polar surface area (TPSA) is 215 Å². The van der Waals surface area contributed by atoms with E-state index in [1.165, 1.54) is 21.1 Å². The van der Waals surface area contributed by atoms with Gasteiger partial charge in [0.25, 0.3) is 0 Å². The molecule has 6 rings (SSSR count). The summed E-state index contributed by atoms with van der Waals surface area (Å²) in [5, 5.41) is 72.0. The predicted octanol–water partition coefficient (Wildman–Crippen LogP) is -0.485. The summed E-state index contributed by atoms with van der Waals surface area (Å²) in [4.78, 5) is 0. The number of rotatable bonds is 9. The summed E-state index contributed by atoms with van der Waals surface area (Å²) >= 11 is 0. The van der Waals surface area contributed by atoms with Crippen molar-refractivity contribution in [3.8, 4) is 23.0 Å². The number of hydrogen-bond donors (Lipinski definition) is 7. The van der Waals surface area contributed by atoms with Gasteiger partial charge in [0.2, 0.25) is 6.29 Å². The van der Waals surface area contributed by atoms with Gasteiger partial charge in [0, 0.05) is 11.8 Å². The highest BCUT2D eigenvalue weighted by Crippen LogP contribution is 2.51. The summed E-state index contributed by atoms with van der Waals surface area (Å²) in [6.07, 6.45) is -14.8. The number of phenolic OH excluding ortho intramolecular Hbond substituents is 1. The van der Waals surface area contributed by atoms with Crippen molar-refractivity contribution in [1.82, 2.24) is 0 Å². The van der Waals surface area contributed by atoms with Gasteiger partial charge in [-0.2, -0.15) is 0 Å². The van der Waals surface area contributed by atoms with Crippen LogP contribution in [0, 0.1) is 11.8 Å². The Morgan fingerprint density at radius 2 is 1.23 bits per heavy atom. The molecule has 4 fully saturated rings. The standard InChI is InChI=1S/C32H42O15/c1-13-23(34)25(36)27(38)31(45-13)44-12-22-24(35)26(37)28(39)32(47-22)46-19-7-5-15(9-21(19)41-3)30-17-11-42-29(16(17)10-43-30)14-4-6-18(33)20(8-14)40-2/h4-9,13,16-17,22-39H,10-12H2,1-3H3/t13-,16+,17-,22+,23-,24+,25+,26-,27+,28+,29+,30-,31+,32+/m0/s1. The fourth-order valence-corrected chi connectivity index (χ4v) is 6.68. The first-order chi connectivity index (χ1) is 22.5. The number of methoxy groups -OCH3 is 2. The molecule has 0 saturated carbocycles. The van der Waals surface area contributed by atoms with Crippen LogP contribution in [0.15, 0.2) is 36.4 Å². The normalized spacial score (nSPS) is 40.2. The van der Waals surface area contributed by atoms with E-state index in [0.717, 1.165) is 11.1 Å². The van der Waals surface area contributed by atoms with Gasteiger partial charge in [-0.15, -0.1) is 0 Å². The van der Waals surface area contributed by atoms with E-state index in [1.807, 2.05) is 6.07 Å². The minimum Gasteiger partial charge on any atom is -0.504 e. The summed E-state index contributed by atoms with van der Waals surface area (Å²) in [5.41, 5.74) is 1.70. The van der Waals surface area contributed by atoms with Crippen molar-refractivity contribution >= 4 is 0 Å². The van der Waals surface area contributed by atoms with E-state index in [-0.39, 0.29) is 35.5 Å². The molecule has 0 unspecified atom stereocenters. The maximum atomic E-state index is 10.7. The van der Waals surface area contributed by atoms with Crippen LogP contribution in [-0.4, -0.2) is 131 Å². The predicted molar refractivity (Wildman–Crippen MR) is 158 cm³/mol. The first-order valence-corrected chi connectivity index (χ1v) is 15.5. The molecule has 15 nitrogen and oxygen atoms in total. The lowest BCUT2D eigenvalue weighted by atomic mass is 9.85. The Kier molecular flexibility index (Phi) is 10.1. The van der Waals surface area contributed by atoms with Crippen LogP contribution in [-0.2, 0) is 23.7 Å². The van der Waals surface area contributed by atoms with Crippen molar-refractivity contribution in [3.05, 3.63) is 47.5 Å². The SMILES string of the molecule is COc1cc([C@H]2OC[C@H]3[C@H]2CO[C@H]3c2ccc(O[C@@H]3O[C@H](CO[C@@H]4O[C@@H](C)[C@H](O)[C@@H](O)[C@H]4O)[C@@H](O)[C@H](O)[C@H]3O)c(OC)c2)ccc1O. The Labute approximate surface area is 270 Å². The third-order valence-corrected chi connectivity index (χ3v) is 9.46. The number of fused-ring (bicyclic) bond motifs is 1. The van der Waals surface area contributed by atoms with Gasteiger partial charge in [0.15, 0.2) is 29.3 Å². The molecule has 0 aromatic heterocycles. The molecule has 14 atom stereocenters. The highest BCUT2D eigenvalue weighted by molar-refractivity contribution is 5.45. The molecular formula is C32H42O15. The minimum absolute atomic E-state index is 0.0381. The van der Waals surface area contributed by atoms with Gasteiger partial charge in [0.1, 0.15) is 42.7 Å². The quantitative estimate of drug-likeness (QED) is 0.180. The van der Waals surface area contributed by atoms with Crippen LogP contribution in [0.25, 0.3) is 0 Å². The van der Waals surface area contributed by atoms with Gasteiger partial charge in [-0.3, -0.25) is 0 Å². The number of hydrogen-bond acceptors (Lipinski definition) is 15. The Balaban J connectivity index is 1.12.